The molecule has 0 heterocycles. The summed E-state index contributed by atoms with van der Waals surface area (Å²) in [4.78, 5) is 22.8. The number of ketones is 1. The van der Waals surface area contributed by atoms with Gasteiger partial charge in [0.1, 0.15) is 5.75 Å². The van der Waals surface area contributed by atoms with Gasteiger partial charge in [-0.15, -0.1) is 0 Å². The second kappa shape index (κ2) is 6.17. The van der Waals surface area contributed by atoms with Crippen molar-refractivity contribution in [3.05, 3.63) is 69.8 Å². The van der Waals surface area contributed by atoms with E-state index in [1.165, 1.54) is 18.2 Å². The number of nitro groups is 1. The Morgan fingerprint density at radius 2 is 1.81 bits per heavy atom. The van der Waals surface area contributed by atoms with E-state index < -0.39 is 4.92 Å². The Balaban J connectivity index is 2.47. The molecule has 2 aromatic rings. The Hall–Kier alpha value is -2.69. The molecule has 0 bridgehead atoms. The van der Waals surface area contributed by atoms with Gasteiger partial charge in [0.15, 0.2) is 5.78 Å². The predicted molar refractivity (Wildman–Crippen MR) is 78.7 cm³/mol. The van der Waals surface area contributed by atoms with Crippen LogP contribution in [-0.4, -0.2) is 16.8 Å². The molecular weight excluding hydrogens is 270 g/mol. The van der Waals surface area contributed by atoms with Crippen molar-refractivity contribution in [3.8, 4) is 5.75 Å². The minimum Gasteiger partial charge on any atom is -0.490 e. The van der Waals surface area contributed by atoms with Crippen molar-refractivity contribution in [2.75, 3.05) is 0 Å². The van der Waals surface area contributed by atoms with Crippen LogP contribution in [0.15, 0.2) is 48.5 Å². The lowest BCUT2D eigenvalue weighted by Crippen LogP contribution is -2.11. The summed E-state index contributed by atoms with van der Waals surface area (Å²) in [5.41, 5.74) is 0.732. The number of carbonyl (C=O) groups is 1. The Bertz CT molecular complexity index is 665. The van der Waals surface area contributed by atoms with E-state index in [1.807, 2.05) is 6.07 Å². The molecule has 0 amide bonds. The van der Waals surface area contributed by atoms with Crippen LogP contribution in [0.5, 0.6) is 5.75 Å². The van der Waals surface area contributed by atoms with Crippen LogP contribution in [0, 0.1) is 10.1 Å². The van der Waals surface area contributed by atoms with Gasteiger partial charge in [-0.25, -0.2) is 0 Å². The lowest BCUT2D eigenvalue weighted by molar-refractivity contribution is -0.384. The molecule has 0 radical (unpaired) electrons. The van der Waals surface area contributed by atoms with E-state index in [9.17, 15) is 14.9 Å². The zero-order chi connectivity index (χ0) is 15.4. The van der Waals surface area contributed by atoms with E-state index in [2.05, 4.69) is 0 Å². The molecule has 0 aliphatic heterocycles. The van der Waals surface area contributed by atoms with Crippen LogP contribution in [0.4, 0.5) is 5.69 Å². The minimum atomic E-state index is -0.510. The van der Waals surface area contributed by atoms with Gasteiger partial charge >= 0.3 is 0 Å². The van der Waals surface area contributed by atoms with Crippen LogP contribution in [-0.2, 0) is 0 Å². The van der Waals surface area contributed by atoms with Gasteiger partial charge in [0, 0.05) is 11.6 Å². The van der Waals surface area contributed by atoms with Crippen molar-refractivity contribution in [1.82, 2.24) is 0 Å². The summed E-state index contributed by atoms with van der Waals surface area (Å²) in [5.74, 6) is 0.00852. The number of hydrogen-bond donors (Lipinski definition) is 0. The predicted octanol–water partition coefficient (Wildman–Crippen LogP) is 3.61. The van der Waals surface area contributed by atoms with Gasteiger partial charge in [0.25, 0.3) is 5.69 Å². The molecule has 5 nitrogen and oxygen atoms in total. The number of non-ortho nitro benzene ring substituents is 1. The number of carbonyl (C=O) groups excluding carboxylic acids is 1. The average Bonchev–Trinajstić information content (AvgIpc) is 2.46. The maximum absolute atomic E-state index is 12.5. The SMILES string of the molecule is CC(C)Oc1cc([N+](=O)[O-])ccc1C(=O)c1ccccc1. The molecule has 0 spiro atoms. The summed E-state index contributed by atoms with van der Waals surface area (Å²) in [5, 5.41) is 10.9. The first-order chi connectivity index (χ1) is 9.99. The van der Waals surface area contributed by atoms with Gasteiger partial charge in [-0.05, 0) is 19.9 Å². The van der Waals surface area contributed by atoms with Gasteiger partial charge in [0.2, 0.25) is 0 Å². The van der Waals surface area contributed by atoms with Gasteiger partial charge in [-0.3, -0.25) is 14.9 Å². The first-order valence-corrected chi connectivity index (χ1v) is 6.54. The van der Waals surface area contributed by atoms with Crippen molar-refractivity contribution in [1.29, 1.82) is 0 Å². The molecule has 2 aromatic carbocycles. The molecule has 2 rings (SSSR count). The van der Waals surface area contributed by atoms with E-state index in [0.717, 1.165) is 0 Å². The molecule has 0 atom stereocenters. The average molecular weight is 285 g/mol. The molecule has 108 valence electrons. The molecule has 0 unspecified atom stereocenters. The number of nitro benzene ring substituents is 1. The van der Waals surface area contributed by atoms with Crippen LogP contribution >= 0.6 is 0 Å². The first-order valence-electron chi connectivity index (χ1n) is 6.54. The lowest BCUT2D eigenvalue weighted by atomic mass is 10.0. The highest BCUT2D eigenvalue weighted by Crippen LogP contribution is 2.27. The molecule has 0 saturated heterocycles. The maximum Gasteiger partial charge on any atom is 0.273 e. The van der Waals surface area contributed by atoms with Gasteiger partial charge in [-0.1, -0.05) is 30.3 Å². The molecule has 0 fully saturated rings. The van der Waals surface area contributed by atoms with Crippen LogP contribution < -0.4 is 4.74 Å². The fourth-order valence-electron chi connectivity index (χ4n) is 1.91. The van der Waals surface area contributed by atoms with Crippen LogP contribution in [0.3, 0.4) is 0 Å². The highest BCUT2D eigenvalue weighted by molar-refractivity contribution is 6.10. The standard InChI is InChI=1S/C16H15NO4/c1-11(2)21-15-10-13(17(19)20)8-9-14(15)16(18)12-6-4-3-5-7-12/h3-11H,1-2H3. The summed E-state index contributed by atoms with van der Waals surface area (Å²) in [7, 11) is 0. The highest BCUT2D eigenvalue weighted by Gasteiger charge is 2.19. The van der Waals surface area contributed by atoms with Gasteiger partial charge in [-0.2, -0.15) is 0 Å². The third-order valence-electron chi connectivity index (χ3n) is 2.82. The molecule has 0 aliphatic rings. The van der Waals surface area contributed by atoms with Gasteiger partial charge in [0.05, 0.1) is 22.7 Å². The molecule has 0 aliphatic carbocycles. The van der Waals surface area contributed by atoms with Crippen molar-refractivity contribution < 1.29 is 14.5 Å². The number of benzene rings is 2. The lowest BCUT2D eigenvalue weighted by Gasteiger charge is -2.13. The van der Waals surface area contributed by atoms with Crippen molar-refractivity contribution in [2.24, 2.45) is 0 Å². The highest BCUT2D eigenvalue weighted by atomic mass is 16.6. The third kappa shape index (κ3) is 3.45. The Labute approximate surface area is 122 Å². The molecule has 21 heavy (non-hydrogen) atoms. The zero-order valence-electron chi connectivity index (χ0n) is 11.8. The number of rotatable bonds is 5. The number of nitrogens with zero attached hydrogens (tertiary/aromatic N) is 1. The quantitative estimate of drug-likeness (QED) is 0.478. The number of ether oxygens (including phenoxy) is 1. The number of hydrogen-bond acceptors (Lipinski definition) is 4. The maximum atomic E-state index is 12.5. The second-order valence-electron chi connectivity index (χ2n) is 4.80. The van der Waals surface area contributed by atoms with Crippen LogP contribution in [0.1, 0.15) is 29.8 Å². The van der Waals surface area contributed by atoms with Crippen LogP contribution in [0.2, 0.25) is 0 Å². The first kappa shape index (κ1) is 14.7. The summed E-state index contributed by atoms with van der Waals surface area (Å²) in [6.07, 6.45) is -0.186. The van der Waals surface area contributed by atoms with E-state index in [-0.39, 0.29) is 23.3 Å². The van der Waals surface area contributed by atoms with Crippen molar-refractivity contribution in [3.63, 3.8) is 0 Å². The Morgan fingerprint density at radius 1 is 1.14 bits per heavy atom. The van der Waals surface area contributed by atoms with Crippen molar-refractivity contribution >= 4 is 11.5 Å². The summed E-state index contributed by atoms with van der Waals surface area (Å²) in [6, 6.07) is 12.8. The fourth-order valence-corrected chi connectivity index (χ4v) is 1.91. The van der Waals surface area contributed by atoms with E-state index in [0.29, 0.717) is 11.1 Å². The Morgan fingerprint density at radius 3 is 2.38 bits per heavy atom. The summed E-state index contributed by atoms with van der Waals surface area (Å²) < 4.78 is 5.55. The minimum absolute atomic E-state index is 0.102. The largest absolute Gasteiger partial charge is 0.490 e. The van der Waals surface area contributed by atoms with E-state index >= 15 is 0 Å². The second-order valence-corrected chi connectivity index (χ2v) is 4.80. The Kier molecular flexibility index (Phi) is 4.33. The third-order valence-corrected chi connectivity index (χ3v) is 2.82. The van der Waals surface area contributed by atoms with E-state index in [1.54, 1.807) is 38.1 Å². The topological polar surface area (TPSA) is 69.4 Å². The van der Waals surface area contributed by atoms with E-state index in [4.69, 9.17) is 4.74 Å². The molecular formula is C16H15NO4. The molecule has 0 N–H and O–H groups in total. The monoisotopic (exact) mass is 285 g/mol. The smallest absolute Gasteiger partial charge is 0.273 e. The van der Waals surface area contributed by atoms with Crippen LogP contribution in [0.25, 0.3) is 0 Å². The normalized spacial score (nSPS) is 10.4. The summed E-state index contributed by atoms with van der Waals surface area (Å²) >= 11 is 0. The van der Waals surface area contributed by atoms with Gasteiger partial charge < -0.3 is 4.74 Å². The fraction of sp³-hybridized carbons (Fsp3) is 0.188. The van der Waals surface area contributed by atoms with Crippen molar-refractivity contribution in [2.45, 2.75) is 20.0 Å². The molecule has 5 heteroatoms. The molecule has 0 aromatic heterocycles. The zero-order valence-corrected chi connectivity index (χ0v) is 11.8. The molecule has 0 saturated carbocycles. The summed E-state index contributed by atoms with van der Waals surface area (Å²) in [6.45, 7) is 3.60.